The van der Waals surface area contributed by atoms with E-state index in [1.807, 2.05) is 30.3 Å². The van der Waals surface area contributed by atoms with Crippen molar-refractivity contribution in [1.82, 2.24) is 5.32 Å². The van der Waals surface area contributed by atoms with Gasteiger partial charge in [-0.2, -0.15) is 0 Å². The van der Waals surface area contributed by atoms with Crippen LogP contribution in [0.15, 0.2) is 54.6 Å². The minimum Gasteiger partial charge on any atom is -0.481 e. The van der Waals surface area contributed by atoms with Crippen molar-refractivity contribution in [2.75, 3.05) is 11.4 Å². The van der Waals surface area contributed by atoms with Gasteiger partial charge in [-0.25, -0.2) is 4.79 Å². The minimum absolute atomic E-state index is 0.143. The molecule has 2 N–H and O–H groups in total. The van der Waals surface area contributed by atoms with Gasteiger partial charge in [0.15, 0.2) is 0 Å². The summed E-state index contributed by atoms with van der Waals surface area (Å²) in [5, 5.41) is 12.1. The molecule has 156 valence electrons. The highest BCUT2D eigenvalue weighted by molar-refractivity contribution is 5.99. The van der Waals surface area contributed by atoms with Crippen molar-refractivity contribution in [1.29, 1.82) is 0 Å². The number of carboxylic acids is 1. The molecular weight excluding hydrogens is 384 g/mol. The first-order chi connectivity index (χ1) is 14.5. The highest BCUT2D eigenvalue weighted by Gasteiger charge is 2.51. The van der Waals surface area contributed by atoms with E-state index in [9.17, 15) is 19.5 Å². The molecule has 1 aliphatic carbocycles. The van der Waals surface area contributed by atoms with E-state index >= 15 is 0 Å². The van der Waals surface area contributed by atoms with Crippen molar-refractivity contribution in [2.45, 2.75) is 43.7 Å². The molecule has 2 aliphatic rings. The number of hydrogen-bond donors (Lipinski definition) is 2. The number of anilines is 1. The number of ether oxygens (including phenoxy) is 1. The van der Waals surface area contributed by atoms with Crippen molar-refractivity contribution < 1.29 is 24.2 Å². The third-order valence-electron chi connectivity index (χ3n) is 5.83. The fourth-order valence-electron chi connectivity index (χ4n) is 3.88. The molecule has 1 saturated carbocycles. The van der Waals surface area contributed by atoms with Crippen molar-refractivity contribution in [3.8, 4) is 0 Å². The standard InChI is InChI=1S/C23H24N2O5/c26-20-19(24-22(29)30-15-16-5-2-1-3-6-16)7-4-14-25(20)18-10-8-17(9-11-18)23(12-13-23)21(27)28/h1-3,5-6,8-11,19H,4,7,12-15H2,(H,24,29)(H,27,28)/t19-/m0/s1. The second kappa shape index (κ2) is 8.18. The number of aliphatic carboxylic acids is 1. The summed E-state index contributed by atoms with van der Waals surface area (Å²) in [6, 6.07) is 15.8. The number of hydrogen-bond acceptors (Lipinski definition) is 4. The molecule has 1 saturated heterocycles. The van der Waals surface area contributed by atoms with Crippen LogP contribution in [0.3, 0.4) is 0 Å². The minimum atomic E-state index is -0.803. The van der Waals surface area contributed by atoms with E-state index < -0.39 is 23.5 Å². The van der Waals surface area contributed by atoms with Crippen LogP contribution in [0.1, 0.15) is 36.8 Å². The number of piperidine rings is 1. The highest BCUT2D eigenvalue weighted by Crippen LogP contribution is 2.48. The fraction of sp³-hybridized carbons (Fsp3) is 0.348. The lowest BCUT2D eigenvalue weighted by atomic mass is 9.95. The maximum absolute atomic E-state index is 12.9. The predicted molar refractivity (Wildman–Crippen MR) is 110 cm³/mol. The smallest absolute Gasteiger partial charge is 0.408 e. The van der Waals surface area contributed by atoms with Gasteiger partial charge in [0.05, 0.1) is 5.41 Å². The zero-order valence-electron chi connectivity index (χ0n) is 16.5. The first kappa shape index (κ1) is 19.9. The van der Waals surface area contributed by atoms with Crippen LogP contribution in [-0.4, -0.2) is 35.7 Å². The summed E-state index contributed by atoms with van der Waals surface area (Å²) in [6.45, 7) is 0.698. The third-order valence-corrected chi connectivity index (χ3v) is 5.83. The molecule has 0 unspecified atom stereocenters. The first-order valence-electron chi connectivity index (χ1n) is 10.1. The Morgan fingerprint density at radius 1 is 1.10 bits per heavy atom. The molecule has 2 aromatic carbocycles. The Balaban J connectivity index is 1.37. The number of alkyl carbamates (subject to hydrolysis) is 1. The topological polar surface area (TPSA) is 95.9 Å². The Labute approximate surface area is 174 Å². The number of amides is 2. The summed E-state index contributed by atoms with van der Waals surface area (Å²) >= 11 is 0. The number of nitrogens with one attached hydrogen (secondary N) is 1. The molecule has 0 aromatic heterocycles. The molecule has 0 radical (unpaired) electrons. The van der Waals surface area contributed by atoms with Crippen LogP contribution in [0.5, 0.6) is 0 Å². The summed E-state index contributed by atoms with van der Waals surface area (Å²) < 4.78 is 5.23. The van der Waals surface area contributed by atoms with Gasteiger partial charge in [-0.3, -0.25) is 9.59 Å². The summed E-state index contributed by atoms with van der Waals surface area (Å²) in [6.07, 6.45) is 1.96. The van der Waals surface area contributed by atoms with Crippen molar-refractivity contribution >= 4 is 23.7 Å². The maximum Gasteiger partial charge on any atom is 0.408 e. The van der Waals surface area contributed by atoms with Gasteiger partial charge in [-0.15, -0.1) is 0 Å². The monoisotopic (exact) mass is 408 g/mol. The lowest BCUT2D eigenvalue weighted by Crippen LogP contribution is -2.52. The van der Waals surface area contributed by atoms with Gasteiger partial charge in [0, 0.05) is 12.2 Å². The molecule has 0 spiro atoms. The van der Waals surface area contributed by atoms with Gasteiger partial charge in [0.1, 0.15) is 12.6 Å². The number of carbonyl (C=O) groups is 3. The van der Waals surface area contributed by atoms with Gasteiger partial charge >= 0.3 is 12.1 Å². The number of rotatable bonds is 6. The highest BCUT2D eigenvalue weighted by atomic mass is 16.5. The van der Waals surface area contributed by atoms with E-state index in [4.69, 9.17) is 4.74 Å². The molecule has 2 fully saturated rings. The summed E-state index contributed by atoms with van der Waals surface area (Å²) in [5.74, 6) is -0.993. The summed E-state index contributed by atoms with van der Waals surface area (Å²) in [7, 11) is 0. The Kier molecular flexibility index (Phi) is 5.44. The SMILES string of the molecule is O=C(N[C@H]1CCCN(c2ccc(C3(C(=O)O)CC3)cc2)C1=O)OCc1ccccc1. The normalized spacial score (nSPS) is 19.8. The number of carbonyl (C=O) groups excluding carboxylic acids is 2. The fourth-order valence-corrected chi connectivity index (χ4v) is 3.88. The number of nitrogens with zero attached hydrogens (tertiary/aromatic N) is 1. The van der Waals surface area contributed by atoms with Crippen molar-refractivity contribution in [2.24, 2.45) is 0 Å². The molecule has 30 heavy (non-hydrogen) atoms. The number of benzene rings is 2. The second-order valence-electron chi connectivity index (χ2n) is 7.82. The van der Waals surface area contributed by atoms with Gasteiger partial charge in [0.2, 0.25) is 5.91 Å². The zero-order chi connectivity index (χ0) is 21.1. The van der Waals surface area contributed by atoms with E-state index in [2.05, 4.69) is 5.32 Å². The molecule has 2 amide bonds. The molecule has 1 heterocycles. The van der Waals surface area contributed by atoms with Crippen LogP contribution in [-0.2, 0) is 26.3 Å². The molecule has 2 aromatic rings. The van der Waals surface area contributed by atoms with E-state index in [1.165, 1.54) is 0 Å². The van der Waals surface area contributed by atoms with Crippen LogP contribution in [0.2, 0.25) is 0 Å². The van der Waals surface area contributed by atoms with Crippen LogP contribution < -0.4 is 10.2 Å². The van der Waals surface area contributed by atoms with E-state index in [-0.39, 0.29) is 12.5 Å². The Hall–Kier alpha value is -3.35. The van der Waals surface area contributed by atoms with Gasteiger partial charge in [-0.05, 0) is 48.9 Å². The van der Waals surface area contributed by atoms with E-state index in [0.717, 1.165) is 17.5 Å². The van der Waals surface area contributed by atoms with E-state index in [1.54, 1.807) is 29.2 Å². The Morgan fingerprint density at radius 3 is 2.43 bits per heavy atom. The van der Waals surface area contributed by atoms with Gasteiger partial charge in [0.25, 0.3) is 0 Å². The van der Waals surface area contributed by atoms with Crippen LogP contribution in [0.4, 0.5) is 10.5 Å². The van der Waals surface area contributed by atoms with Crippen LogP contribution in [0, 0.1) is 0 Å². The molecular formula is C23H24N2O5. The zero-order valence-corrected chi connectivity index (χ0v) is 16.5. The van der Waals surface area contributed by atoms with Crippen molar-refractivity contribution in [3.63, 3.8) is 0 Å². The summed E-state index contributed by atoms with van der Waals surface area (Å²) in [4.78, 5) is 38.2. The average Bonchev–Trinajstić information content (AvgIpc) is 3.57. The van der Waals surface area contributed by atoms with Crippen molar-refractivity contribution in [3.05, 3.63) is 65.7 Å². The quantitative estimate of drug-likeness (QED) is 0.765. The average molecular weight is 408 g/mol. The predicted octanol–water partition coefficient (Wildman–Crippen LogP) is 3.22. The van der Waals surface area contributed by atoms with Crippen LogP contribution >= 0.6 is 0 Å². The molecule has 7 nitrogen and oxygen atoms in total. The van der Waals surface area contributed by atoms with E-state index in [0.29, 0.717) is 31.5 Å². The van der Waals surface area contributed by atoms with Crippen LogP contribution in [0.25, 0.3) is 0 Å². The molecule has 4 rings (SSSR count). The lowest BCUT2D eigenvalue weighted by molar-refractivity contribution is -0.140. The number of carboxylic acid groups (broad SMARTS) is 1. The third kappa shape index (κ3) is 4.01. The Morgan fingerprint density at radius 2 is 1.80 bits per heavy atom. The van der Waals surface area contributed by atoms with Gasteiger partial charge in [-0.1, -0.05) is 42.5 Å². The Bertz CT molecular complexity index is 938. The molecule has 0 bridgehead atoms. The van der Waals surface area contributed by atoms with Gasteiger partial charge < -0.3 is 20.1 Å². The molecule has 1 aliphatic heterocycles. The largest absolute Gasteiger partial charge is 0.481 e. The maximum atomic E-state index is 12.9. The molecule has 1 atom stereocenters. The first-order valence-corrected chi connectivity index (χ1v) is 10.1. The lowest BCUT2D eigenvalue weighted by Gasteiger charge is -2.32. The summed E-state index contributed by atoms with van der Waals surface area (Å²) in [5.41, 5.74) is 1.58. The molecule has 7 heteroatoms. The second-order valence-corrected chi connectivity index (χ2v) is 7.82.